The summed E-state index contributed by atoms with van der Waals surface area (Å²) in [6, 6.07) is -2.17. The van der Waals surface area contributed by atoms with E-state index in [4.69, 9.17) is 17.2 Å². The van der Waals surface area contributed by atoms with Crippen molar-refractivity contribution in [2.75, 3.05) is 46.4 Å². The van der Waals surface area contributed by atoms with Gasteiger partial charge < -0.3 is 48.1 Å². The molecule has 0 saturated carbocycles. The van der Waals surface area contributed by atoms with Crippen molar-refractivity contribution >= 4 is 53.7 Å². The molecule has 2 atom stereocenters. The molecule has 2 unspecified atom stereocenters. The fourth-order valence-corrected chi connectivity index (χ4v) is 3.58. The highest BCUT2D eigenvalue weighted by molar-refractivity contribution is 6.02. The van der Waals surface area contributed by atoms with Gasteiger partial charge in [0.15, 0.2) is 0 Å². The maximum atomic E-state index is 12.7. The molecule has 10 N–H and O–H groups in total. The number of likely N-dealkylation sites (N-methyl/N-ethyl adjacent to an activating group) is 1. The highest BCUT2D eigenvalue weighted by Gasteiger charge is 2.33. The number of ether oxygens (including phenoxy) is 1. The predicted octanol–water partition coefficient (Wildman–Crippen LogP) is -3.40. The van der Waals surface area contributed by atoms with Crippen LogP contribution in [0.15, 0.2) is 0 Å². The van der Waals surface area contributed by atoms with E-state index >= 15 is 0 Å². The Morgan fingerprint density at radius 1 is 0.875 bits per heavy atom. The Labute approximate surface area is 281 Å². The van der Waals surface area contributed by atoms with E-state index in [1.807, 2.05) is 13.8 Å². The quantitative estimate of drug-likeness (QED) is 0.0618. The molecule has 0 rings (SSSR count). The Morgan fingerprint density at radius 3 is 1.85 bits per heavy atom. The lowest BCUT2D eigenvalue weighted by molar-refractivity contribution is -0.151. The van der Waals surface area contributed by atoms with Gasteiger partial charge in [0, 0.05) is 33.0 Å². The molecule has 0 heterocycles. The second kappa shape index (κ2) is 28.6. The number of carbonyl (C=O) groups is 9. The van der Waals surface area contributed by atoms with E-state index in [9.17, 15) is 43.2 Å². The minimum absolute atomic E-state index is 0.0777. The summed E-state index contributed by atoms with van der Waals surface area (Å²) >= 11 is 0. The Morgan fingerprint density at radius 2 is 1.46 bits per heavy atom. The molecule has 0 aromatic rings. The van der Waals surface area contributed by atoms with Gasteiger partial charge >= 0.3 is 0 Å². The second-order valence-electron chi connectivity index (χ2n) is 10.3. The maximum Gasteiger partial charge on any atom is 0.249 e. The number of carbonyl (C=O) groups excluding carboxylic acids is 9. The molecular weight excluding hydrogens is 634 g/mol. The van der Waals surface area contributed by atoms with Crippen LogP contribution in [0.25, 0.3) is 0 Å². The molecule has 0 aliphatic heterocycles. The first-order valence-electron chi connectivity index (χ1n) is 15.3. The van der Waals surface area contributed by atoms with Crippen LogP contribution in [-0.2, 0) is 47.9 Å². The van der Waals surface area contributed by atoms with Crippen LogP contribution in [0.3, 0.4) is 0 Å². The van der Waals surface area contributed by atoms with Gasteiger partial charge in [-0.3, -0.25) is 48.1 Å². The van der Waals surface area contributed by atoms with Crippen LogP contribution >= 0.6 is 0 Å². The fraction of sp³-hybridized carbons (Fsp3) is 0.690. The monoisotopic (exact) mass is 689 g/mol. The normalized spacial score (nSPS) is 11.1. The first-order chi connectivity index (χ1) is 22.4. The van der Waals surface area contributed by atoms with Gasteiger partial charge in [0.1, 0.15) is 18.7 Å². The molecule has 0 fully saturated rings. The van der Waals surface area contributed by atoms with Gasteiger partial charge in [-0.1, -0.05) is 13.3 Å². The molecule has 0 radical (unpaired) electrons. The molecule has 0 aromatic carbocycles. The zero-order valence-electron chi connectivity index (χ0n) is 29.1. The fourth-order valence-electron chi connectivity index (χ4n) is 3.58. The number of hydrogen-bond donors (Lipinski definition) is 7. The summed E-state index contributed by atoms with van der Waals surface area (Å²) in [4.78, 5) is 106. The van der Waals surface area contributed by atoms with E-state index in [2.05, 4.69) is 32.9 Å². The smallest absolute Gasteiger partial charge is 0.249 e. The largest absolute Gasteiger partial charge is 0.375 e. The number of hydrogen-bond acceptors (Lipinski definition) is 11. The van der Waals surface area contributed by atoms with E-state index in [0.717, 1.165) is 13.5 Å². The number of methoxy groups -OCH3 is 1. The lowest BCUT2D eigenvalue weighted by Crippen LogP contribution is -2.55. The summed E-state index contributed by atoms with van der Waals surface area (Å²) in [6.45, 7) is 10.1. The molecule has 276 valence electrons. The molecule has 48 heavy (non-hydrogen) atoms. The van der Waals surface area contributed by atoms with E-state index in [0.29, 0.717) is 17.9 Å². The van der Waals surface area contributed by atoms with E-state index in [1.165, 1.54) is 31.8 Å². The van der Waals surface area contributed by atoms with E-state index in [-0.39, 0.29) is 44.5 Å². The predicted molar refractivity (Wildman–Crippen MR) is 175 cm³/mol. The maximum absolute atomic E-state index is 12.7. The molecule has 0 aromatic heterocycles. The van der Waals surface area contributed by atoms with E-state index < -0.39 is 60.0 Å². The number of nitrogens with zero attached hydrogens (tertiary/aromatic N) is 2. The average Bonchev–Trinajstić information content (AvgIpc) is 3.00. The van der Waals surface area contributed by atoms with Crippen molar-refractivity contribution in [1.29, 1.82) is 0 Å². The molecule has 19 heteroatoms. The molecule has 0 aliphatic carbocycles. The van der Waals surface area contributed by atoms with Gasteiger partial charge in [0.05, 0.1) is 19.6 Å². The summed E-state index contributed by atoms with van der Waals surface area (Å²) in [5, 5.41) is 9.11. The number of rotatable bonds is 20. The lowest BCUT2D eigenvalue weighted by Gasteiger charge is -2.29. The first-order valence-corrected chi connectivity index (χ1v) is 15.3. The van der Waals surface area contributed by atoms with Gasteiger partial charge in [-0.05, 0) is 47.1 Å². The third kappa shape index (κ3) is 23.7. The van der Waals surface area contributed by atoms with Crippen molar-refractivity contribution in [3.8, 4) is 0 Å². The highest BCUT2D eigenvalue weighted by atomic mass is 16.5. The Hall–Kier alpha value is -4.65. The summed E-state index contributed by atoms with van der Waals surface area (Å²) in [6.07, 6.45) is 2.28. The lowest BCUT2D eigenvalue weighted by atomic mass is 10.1. The molecular formula is C29H55N9O10. The highest BCUT2D eigenvalue weighted by Crippen LogP contribution is 2.10. The standard InChI is InChI=1S/C19H33N5O7.C6H11N3O3.C4H11N/c1-6-23(12(2)3)17(28)9-22-19(30)14(7-8-15(20)26)24(13(4)25)18(29)10-21-16(27)11-31-5;1-4(6(7)12)9-5(11)2-8-3-10;1-2-3-4-5/h12,14H,6-11H2,1-5H3,(H2,20,26)(H,21,27)(H,22,30);3-4H,2H2,1H3,(H2,7,12)(H,8,10)(H,9,11);2-5H2,1H3. The van der Waals surface area contributed by atoms with Crippen molar-refractivity contribution < 1.29 is 47.9 Å². The third-order valence-electron chi connectivity index (χ3n) is 6.00. The number of amides is 9. The van der Waals surface area contributed by atoms with Gasteiger partial charge in [-0.2, -0.15) is 0 Å². The Bertz CT molecular complexity index is 1050. The number of unbranched alkanes of at least 4 members (excludes halogenated alkanes) is 1. The summed E-state index contributed by atoms with van der Waals surface area (Å²) < 4.78 is 4.64. The molecule has 19 nitrogen and oxygen atoms in total. The SMILES string of the molecule is CC(NC(=O)CNC=O)C(N)=O.CCCCN.CCN(C(=O)CNC(=O)C(CCC(N)=O)N(C(C)=O)C(=O)CNC(=O)COC)C(C)C. The summed E-state index contributed by atoms with van der Waals surface area (Å²) in [5.74, 6) is -5.13. The number of imide groups is 1. The van der Waals surface area contributed by atoms with Crippen LogP contribution < -0.4 is 38.5 Å². The number of nitrogens with two attached hydrogens (primary N) is 3. The third-order valence-corrected chi connectivity index (χ3v) is 6.00. The van der Waals surface area contributed by atoms with Crippen LogP contribution in [0.2, 0.25) is 0 Å². The van der Waals surface area contributed by atoms with Gasteiger partial charge in [-0.15, -0.1) is 0 Å². The van der Waals surface area contributed by atoms with Crippen LogP contribution in [0, 0.1) is 0 Å². The van der Waals surface area contributed by atoms with Crippen LogP contribution in [0.1, 0.15) is 67.2 Å². The van der Waals surface area contributed by atoms with Crippen LogP contribution in [-0.4, -0.2) is 128 Å². The topological polar surface area (TPSA) is 296 Å². The number of primary amides is 2. The second-order valence-corrected chi connectivity index (χ2v) is 10.3. The first kappa shape index (κ1) is 47.8. The molecule has 0 aliphatic rings. The minimum Gasteiger partial charge on any atom is -0.375 e. The van der Waals surface area contributed by atoms with Crippen LogP contribution in [0.4, 0.5) is 0 Å². The van der Waals surface area contributed by atoms with Crippen molar-refractivity contribution in [1.82, 2.24) is 31.1 Å². The van der Waals surface area contributed by atoms with E-state index in [1.54, 1.807) is 6.92 Å². The molecule has 0 bridgehead atoms. The Balaban J connectivity index is -0.000000973. The molecule has 0 saturated heterocycles. The van der Waals surface area contributed by atoms with Crippen molar-refractivity contribution in [3.63, 3.8) is 0 Å². The number of nitrogens with one attached hydrogen (secondary N) is 4. The van der Waals surface area contributed by atoms with Gasteiger partial charge in [0.25, 0.3) is 0 Å². The van der Waals surface area contributed by atoms with Crippen molar-refractivity contribution in [3.05, 3.63) is 0 Å². The molecule has 9 amide bonds. The van der Waals surface area contributed by atoms with Gasteiger partial charge in [0.2, 0.25) is 53.7 Å². The zero-order chi connectivity index (χ0) is 37.8. The summed E-state index contributed by atoms with van der Waals surface area (Å²) in [7, 11) is 1.30. The van der Waals surface area contributed by atoms with Gasteiger partial charge in [-0.25, -0.2) is 0 Å². The average molecular weight is 690 g/mol. The molecule has 0 spiro atoms. The van der Waals surface area contributed by atoms with Crippen molar-refractivity contribution in [2.24, 2.45) is 17.2 Å². The zero-order valence-corrected chi connectivity index (χ0v) is 29.1. The van der Waals surface area contributed by atoms with Crippen LogP contribution in [0.5, 0.6) is 0 Å². The minimum atomic E-state index is -1.38. The Kier molecular flexibility index (Phi) is 28.4. The van der Waals surface area contributed by atoms with Crippen molar-refractivity contribution in [2.45, 2.75) is 85.4 Å². The summed E-state index contributed by atoms with van der Waals surface area (Å²) in [5.41, 5.74) is 15.2.